The molecule has 1 rings (SSSR count). The average molecular weight is 453 g/mol. The predicted octanol–water partition coefficient (Wildman–Crippen LogP) is 6.59. The summed E-state index contributed by atoms with van der Waals surface area (Å²) in [5.74, 6) is -38.0. The van der Waals surface area contributed by atoms with Gasteiger partial charge in [-0.2, -0.15) is 57.1 Å². The number of rotatable bonds is 6. The first kappa shape index (κ1) is 25.1. The summed E-state index contributed by atoms with van der Waals surface area (Å²) in [7, 11) is 0. The van der Waals surface area contributed by atoms with Gasteiger partial charge in [-0.15, -0.1) is 0 Å². The quantitative estimate of drug-likeness (QED) is 0.382. The summed E-state index contributed by atoms with van der Waals surface area (Å²) in [6.45, 7) is 2.66. The highest BCUT2D eigenvalue weighted by Gasteiger charge is 2.91. The second kappa shape index (κ2) is 6.83. The van der Waals surface area contributed by atoms with Gasteiger partial charge in [-0.3, -0.25) is 0 Å². The molecule has 29 heavy (non-hydrogen) atoms. The van der Waals surface area contributed by atoms with Gasteiger partial charge >= 0.3 is 35.8 Å². The van der Waals surface area contributed by atoms with Crippen molar-refractivity contribution < 1.29 is 57.1 Å². The molecule has 0 aromatic heterocycles. The highest BCUT2D eigenvalue weighted by Crippen LogP contribution is 2.62. The van der Waals surface area contributed by atoms with E-state index in [0.29, 0.717) is 6.07 Å². The number of anilines is 1. The van der Waals surface area contributed by atoms with Crippen LogP contribution < -0.4 is 5.73 Å². The molecule has 0 fully saturated rings. The van der Waals surface area contributed by atoms with E-state index < -0.39 is 53.0 Å². The number of halogens is 13. The molecule has 1 nitrogen and oxygen atoms in total. The van der Waals surface area contributed by atoms with Crippen LogP contribution in [0.1, 0.15) is 30.9 Å². The number of hydrogen-bond donors (Lipinski definition) is 1. The van der Waals surface area contributed by atoms with E-state index >= 15 is 0 Å². The van der Waals surface area contributed by atoms with E-state index in [1.807, 2.05) is 0 Å². The molecule has 0 amide bonds. The fourth-order valence-corrected chi connectivity index (χ4v) is 2.14. The first-order valence-electron chi connectivity index (χ1n) is 7.43. The normalized spacial score (nSPS) is 15.2. The average Bonchev–Trinajstić information content (AvgIpc) is 2.52. The molecule has 1 aromatic carbocycles. The summed E-state index contributed by atoms with van der Waals surface area (Å²) in [4.78, 5) is 0. The van der Waals surface area contributed by atoms with Crippen LogP contribution in [0.15, 0.2) is 18.2 Å². The van der Waals surface area contributed by atoms with Crippen molar-refractivity contribution in [2.45, 2.75) is 55.6 Å². The molecule has 0 spiro atoms. The van der Waals surface area contributed by atoms with Crippen molar-refractivity contribution in [3.05, 3.63) is 29.3 Å². The van der Waals surface area contributed by atoms with E-state index in [-0.39, 0.29) is 11.6 Å². The largest absolute Gasteiger partial charge is 0.460 e. The van der Waals surface area contributed by atoms with Crippen molar-refractivity contribution in [1.29, 1.82) is 0 Å². The molecule has 0 radical (unpaired) electrons. The minimum atomic E-state index is -7.93. The number of nitrogen functional groups attached to an aromatic ring is 1. The first-order valence-corrected chi connectivity index (χ1v) is 7.43. The minimum Gasteiger partial charge on any atom is -0.398 e. The second-order valence-electron chi connectivity index (χ2n) is 6.37. The van der Waals surface area contributed by atoms with Crippen LogP contribution in [0, 0.1) is 0 Å². The molecule has 0 aliphatic rings. The van der Waals surface area contributed by atoms with Gasteiger partial charge in [0.2, 0.25) is 0 Å². The third kappa shape index (κ3) is 3.47. The molecule has 0 heterocycles. The van der Waals surface area contributed by atoms with Crippen molar-refractivity contribution in [1.82, 2.24) is 0 Å². The van der Waals surface area contributed by atoms with Crippen LogP contribution >= 0.6 is 0 Å². The van der Waals surface area contributed by atoms with Gasteiger partial charge in [-0.05, 0) is 23.6 Å². The van der Waals surface area contributed by atoms with Gasteiger partial charge in [0, 0.05) is 5.69 Å². The lowest BCUT2D eigenvalue weighted by atomic mass is 9.88. The molecule has 168 valence electrons. The summed E-state index contributed by atoms with van der Waals surface area (Å²) in [6.07, 6.45) is -7.44. The molecule has 0 saturated carbocycles. The predicted molar refractivity (Wildman–Crippen MR) is 74.7 cm³/mol. The minimum absolute atomic E-state index is 0.143. The molecule has 0 atom stereocenters. The van der Waals surface area contributed by atoms with Gasteiger partial charge in [0.25, 0.3) is 0 Å². The number of nitrogens with two attached hydrogens (primary N) is 1. The first-order chi connectivity index (χ1) is 12.6. The standard InChI is InChI=1S/C15H12F13N/c1-6(2)7-3-4-9(29)8(5-7)10(16,17)11(18,19)12(20,21)13(22,23)14(24,25)15(26,27)28/h3-6H,29H2,1-2H3. The Morgan fingerprint density at radius 3 is 1.45 bits per heavy atom. The summed E-state index contributed by atoms with van der Waals surface area (Å²) in [6, 6.07) is 1.68. The van der Waals surface area contributed by atoms with E-state index in [1.165, 1.54) is 13.8 Å². The Labute approximate surface area is 154 Å². The Kier molecular flexibility index (Phi) is 5.92. The molecule has 0 saturated heterocycles. The summed E-state index contributed by atoms with van der Waals surface area (Å²) < 4.78 is 172. The highest BCUT2D eigenvalue weighted by molar-refractivity contribution is 5.52. The zero-order valence-electron chi connectivity index (χ0n) is 14.3. The van der Waals surface area contributed by atoms with E-state index in [2.05, 4.69) is 0 Å². The highest BCUT2D eigenvalue weighted by atomic mass is 19.4. The van der Waals surface area contributed by atoms with Crippen molar-refractivity contribution >= 4 is 5.69 Å². The van der Waals surface area contributed by atoms with Gasteiger partial charge in [-0.25, -0.2) is 0 Å². The van der Waals surface area contributed by atoms with E-state index in [4.69, 9.17) is 5.73 Å². The van der Waals surface area contributed by atoms with Crippen LogP contribution in [0.5, 0.6) is 0 Å². The Hall–Kier alpha value is -1.89. The summed E-state index contributed by atoms with van der Waals surface area (Å²) >= 11 is 0. The van der Waals surface area contributed by atoms with E-state index in [1.54, 1.807) is 0 Å². The maximum Gasteiger partial charge on any atom is 0.460 e. The van der Waals surface area contributed by atoms with Crippen molar-refractivity contribution in [2.24, 2.45) is 0 Å². The van der Waals surface area contributed by atoms with Crippen LogP contribution in [0.25, 0.3) is 0 Å². The molecule has 14 heteroatoms. The Morgan fingerprint density at radius 1 is 0.655 bits per heavy atom. The van der Waals surface area contributed by atoms with Crippen molar-refractivity contribution in [3.8, 4) is 0 Å². The topological polar surface area (TPSA) is 26.0 Å². The lowest BCUT2D eigenvalue weighted by Crippen LogP contribution is -2.69. The van der Waals surface area contributed by atoms with Crippen LogP contribution in [-0.4, -0.2) is 29.9 Å². The summed E-state index contributed by atoms with van der Waals surface area (Å²) in [5.41, 5.74) is 1.35. The molecular formula is C15H12F13N. The zero-order chi connectivity index (χ0) is 23.4. The van der Waals surface area contributed by atoms with Gasteiger partial charge < -0.3 is 5.73 Å². The zero-order valence-corrected chi connectivity index (χ0v) is 14.3. The molecular weight excluding hydrogens is 441 g/mol. The van der Waals surface area contributed by atoms with E-state index in [0.717, 1.165) is 6.07 Å². The second-order valence-corrected chi connectivity index (χ2v) is 6.37. The van der Waals surface area contributed by atoms with Gasteiger partial charge in [0.05, 0.1) is 5.56 Å². The molecule has 0 unspecified atom stereocenters. The van der Waals surface area contributed by atoms with Gasteiger partial charge in [-0.1, -0.05) is 19.9 Å². The van der Waals surface area contributed by atoms with Crippen LogP contribution in [0.4, 0.5) is 62.8 Å². The van der Waals surface area contributed by atoms with E-state index in [9.17, 15) is 57.1 Å². The molecule has 0 aliphatic heterocycles. The number of hydrogen-bond acceptors (Lipinski definition) is 1. The molecule has 2 N–H and O–H groups in total. The Bertz CT molecular complexity index is 749. The SMILES string of the molecule is CC(C)c1ccc(N)c(C(F)(F)C(F)(F)C(F)(F)C(F)(F)C(F)(F)C(F)(F)F)c1. The van der Waals surface area contributed by atoms with Crippen molar-refractivity contribution in [2.75, 3.05) is 5.73 Å². The lowest BCUT2D eigenvalue weighted by Gasteiger charge is -2.40. The fourth-order valence-electron chi connectivity index (χ4n) is 2.14. The maximum atomic E-state index is 14.2. The molecule has 1 aromatic rings. The third-order valence-corrected chi connectivity index (χ3v) is 4.02. The number of alkyl halides is 13. The molecule has 0 aliphatic carbocycles. The Morgan fingerprint density at radius 2 is 1.07 bits per heavy atom. The summed E-state index contributed by atoms with van der Waals surface area (Å²) in [5, 5.41) is 0. The van der Waals surface area contributed by atoms with Gasteiger partial charge in [0.1, 0.15) is 0 Å². The third-order valence-electron chi connectivity index (χ3n) is 4.02. The van der Waals surface area contributed by atoms with Crippen molar-refractivity contribution in [3.63, 3.8) is 0 Å². The lowest BCUT2D eigenvalue weighted by molar-refractivity contribution is -0.441. The Balaban J connectivity index is 3.69. The smallest absolute Gasteiger partial charge is 0.398 e. The maximum absolute atomic E-state index is 14.2. The number of benzene rings is 1. The van der Waals surface area contributed by atoms with Gasteiger partial charge in [0.15, 0.2) is 0 Å². The fraction of sp³-hybridized carbons (Fsp3) is 0.600. The van der Waals surface area contributed by atoms with Crippen LogP contribution in [-0.2, 0) is 5.92 Å². The van der Waals surface area contributed by atoms with Crippen LogP contribution in [0.2, 0.25) is 0 Å². The molecule has 0 bridgehead atoms. The van der Waals surface area contributed by atoms with Crippen LogP contribution in [0.3, 0.4) is 0 Å². The monoisotopic (exact) mass is 453 g/mol.